The van der Waals surface area contributed by atoms with Crippen LogP contribution in [0.2, 0.25) is 0 Å². The molecule has 5 nitrogen and oxygen atoms in total. The summed E-state index contributed by atoms with van der Waals surface area (Å²) in [5.41, 5.74) is -0.734. The topological polar surface area (TPSA) is 86.0 Å². The second kappa shape index (κ2) is 4.65. The van der Waals surface area contributed by atoms with Crippen LogP contribution in [0.25, 0.3) is 0 Å². The van der Waals surface area contributed by atoms with Gasteiger partial charge < -0.3 is 10.4 Å². The van der Waals surface area contributed by atoms with Crippen LogP contribution in [0.1, 0.15) is 33.3 Å². The summed E-state index contributed by atoms with van der Waals surface area (Å²) in [5, 5.41) is 21.3. The molecule has 0 saturated heterocycles. The lowest BCUT2D eigenvalue weighted by Gasteiger charge is -2.39. The van der Waals surface area contributed by atoms with E-state index in [9.17, 15) is 9.90 Å². The van der Waals surface area contributed by atoms with Crippen molar-refractivity contribution in [2.45, 2.75) is 33.2 Å². The van der Waals surface area contributed by atoms with E-state index in [1.54, 1.807) is 33.8 Å². The average Bonchev–Trinajstić information content (AvgIpc) is 2.28. The van der Waals surface area contributed by atoms with Crippen molar-refractivity contribution in [3.05, 3.63) is 24.0 Å². The van der Waals surface area contributed by atoms with Crippen LogP contribution in [0.5, 0.6) is 0 Å². The first-order valence-electron chi connectivity index (χ1n) is 5.58. The van der Waals surface area contributed by atoms with Crippen LogP contribution < -0.4 is 5.32 Å². The molecule has 0 aliphatic heterocycles. The standard InChI is InChI=1S/C13H17N3O2/c1-12(2,11(17)18)13(3,4)16-10-8-15-6-5-9(10)7-14/h5-6,8,16H,1-4H3,(H,17,18). The molecular formula is C13H17N3O2. The van der Waals surface area contributed by atoms with Gasteiger partial charge in [-0.25, -0.2) is 0 Å². The van der Waals surface area contributed by atoms with Crippen molar-refractivity contribution in [2.75, 3.05) is 5.32 Å². The molecule has 0 spiro atoms. The van der Waals surface area contributed by atoms with Gasteiger partial charge in [0.1, 0.15) is 6.07 Å². The van der Waals surface area contributed by atoms with E-state index >= 15 is 0 Å². The highest BCUT2D eigenvalue weighted by Crippen LogP contribution is 2.34. The van der Waals surface area contributed by atoms with E-state index < -0.39 is 16.9 Å². The number of carboxylic acids is 1. The number of pyridine rings is 1. The van der Waals surface area contributed by atoms with Crippen molar-refractivity contribution in [1.82, 2.24) is 4.98 Å². The summed E-state index contributed by atoms with van der Waals surface area (Å²) in [7, 11) is 0. The Bertz CT molecular complexity index is 501. The Labute approximate surface area is 106 Å². The summed E-state index contributed by atoms with van der Waals surface area (Å²) in [6.07, 6.45) is 3.05. The third kappa shape index (κ3) is 2.43. The molecule has 0 saturated carbocycles. The summed E-state index contributed by atoms with van der Waals surface area (Å²) in [6.45, 7) is 6.86. The molecule has 1 aromatic heterocycles. The molecule has 2 N–H and O–H groups in total. The number of nitrogens with zero attached hydrogens (tertiary/aromatic N) is 2. The Morgan fingerprint density at radius 1 is 1.44 bits per heavy atom. The predicted octanol–water partition coefficient (Wildman–Crippen LogP) is 2.25. The van der Waals surface area contributed by atoms with Gasteiger partial charge in [0.05, 0.1) is 22.9 Å². The Balaban J connectivity index is 3.11. The van der Waals surface area contributed by atoms with Crippen molar-refractivity contribution in [2.24, 2.45) is 5.41 Å². The van der Waals surface area contributed by atoms with E-state index in [1.165, 1.54) is 12.4 Å². The molecule has 0 aliphatic carbocycles. The fourth-order valence-electron chi connectivity index (χ4n) is 1.35. The molecule has 0 atom stereocenters. The lowest BCUT2D eigenvalue weighted by Crippen LogP contribution is -2.50. The highest BCUT2D eigenvalue weighted by atomic mass is 16.4. The number of nitriles is 1. The maximum atomic E-state index is 11.3. The zero-order valence-electron chi connectivity index (χ0n) is 11.0. The summed E-state index contributed by atoms with van der Waals surface area (Å²) in [5.74, 6) is -0.901. The fourth-order valence-corrected chi connectivity index (χ4v) is 1.35. The molecule has 1 heterocycles. The molecule has 5 heteroatoms. The number of nitrogens with one attached hydrogen (secondary N) is 1. The summed E-state index contributed by atoms with van der Waals surface area (Å²) >= 11 is 0. The van der Waals surface area contributed by atoms with Gasteiger partial charge in [0.2, 0.25) is 0 Å². The number of aromatic nitrogens is 1. The zero-order valence-corrected chi connectivity index (χ0v) is 11.0. The molecule has 1 rings (SSSR count). The smallest absolute Gasteiger partial charge is 0.311 e. The van der Waals surface area contributed by atoms with E-state index in [4.69, 9.17) is 5.26 Å². The van der Waals surface area contributed by atoms with Gasteiger partial charge in [-0.05, 0) is 33.8 Å². The van der Waals surface area contributed by atoms with Crippen molar-refractivity contribution >= 4 is 11.7 Å². The van der Waals surface area contributed by atoms with Crippen molar-refractivity contribution in [3.63, 3.8) is 0 Å². The number of anilines is 1. The summed E-state index contributed by atoms with van der Waals surface area (Å²) in [4.78, 5) is 15.2. The third-order valence-corrected chi connectivity index (χ3v) is 3.49. The van der Waals surface area contributed by atoms with Crippen LogP contribution in [0.4, 0.5) is 5.69 Å². The van der Waals surface area contributed by atoms with Crippen molar-refractivity contribution in [3.8, 4) is 6.07 Å². The fraction of sp³-hybridized carbons (Fsp3) is 0.462. The van der Waals surface area contributed by atoms with Gasteiger partial charge in [-0.3, -0.25) is 9.78 Å². The zero-order chi connectivity index (χ0) is 14.0. The molecule has 96 valence electrons. The van der Waals surface area contributed by atoms with Gasteiger partial charge in [0.15, 0.2) is 0 Å². The Morgan fingerprint density at radius 2 is 2.06 bits per heavy atom. The largest absolute Gasteiger partial charge is 0.481 e. The monoisotopic (exact) mass is 247 g/mol. The number of carboxylic acid groups (broad SMARTS) is 1. The number of hydrogen-bond acceptors (Lipinski definition) is 4. The number of hydrogen-bond donors (Lipinski definition) is 2. The molecule has 0 fully saturated rings. The first-order valence-corrected chi connectivity index (χ1v) is 5.58. The van der Waals surface area contributed by atoms with E-state index in [0.717, 1.165) is 0 Å². The van der Waals surface area contributed by atoms with Crippen LogP contribution in [0, 0.1) is 16.7 Å². The van der Waals surface area contributed by atoms with Crippen LogP contribution in [0.3, 0.4) is 0 Å². The van der Waals surface area contributed by atoms with Crippen LogP contribution >= 0.6 is 0 Å². The second-order valence-corrected chi connectivity index (χ2v) is 5.21. The molecule has 0 aromatic carbocycles. The number of rotatable bonds is 4. The molecule has 0 amide bonds. The summed E-state index contributed by atoms with van der Waals surface area (Å²) < 4.78 is 0. The average molecular weight is 247 g/mol. The maximum absolute atomic E-state index is 11.3. The number of aliphatic carboxylic acids is 1. The first kappa shape index (κ1) is 14.0. The predicted molar refractivity (Wildman–Crippen MR) is 68.1 cm³/mol. The van der Waals surface area contributed by atoms with Gasteiger partial charge >= 0.3 is 5.97 Å². The van der Waals surface area contributed by atoms with E-state index in [-0.39, 0.29) is 0 Å². The molecule has 1 aromatic rings. The minimum atomic E-state index is -0.991. The maximum Gasteiger partial charge on any atom is 0.311 e. The lowest BCUT2D eigenvalue weighted by atomic mass is 9.74. The Morgan fingerprint density at radius 3 is 2.56 bits per heavy atom. The number of carbonyl (C=O) groups is 1. The SMILES string of the molecule is CC(C)(Nc1cnccc1C#N)C(C)(C)C(=O)O. The lowest BCUT2D eigenvalue weighted by molar-refractivity contribution is -0.149. The van der Waals surface area contributed by atoms with Gasteiger partial charge in [-0.15, -0.1) is 0 Å². The van der Waals surface area contributed by atoms with Gasteiger partial charge in [-0.1, -0.05) is 0 Å². The molecule has 0 bridgehead atoms. The first-order chi connectivity index (χ1) is 8.22. The van der Waals surface area contributed by atoms with E-state index in [0.29, 0.717) is 11.3 Å². The highest BCUT2D eigenvalue weighted by Gasteiger charge is 2.43. The van der Waals surface area contributed by atoms with Gasteiger partial charge in [-0.2, -0.15) is 5.26 Å². The third-order valence-electron chi connectivity index (χ3n) is 3.49. The Hall–Kier alpha value is -2.09. The molecular weight excluding hydrogens is 230 g/mol. The molecule has 0 radical (unpaired) electrons. The van der Waals surface area contributed by atoms with Crippen LogP contribution in [-0.2, 0) is 4.79 Å². The van der Waals surface area contributed by atoms with Crippen LogP contribution in [-0.4, -0.2) is 21.6 Å². The Kier molecular flexibility index (Phi) is 3.61. The molecule has 18 heavy (non-hydrogen) atoms. The normalized spacial score (nSPS) is 11.7. The molecule has 0 aliphatic rings. The van der Waals surface area contributed by atoms with Crippen LogP contribution in [0.15, 0.2) is 18.5 Å². The molecule has 0 unspecified atom stereocenters. The van der Waals surface area contributed by atoms with Crippen molar-refractivity contribution < 1.29 is 9.90 Å². The van der Waals surface area contributed by atoms with Gasteiger partial charge in [0.25, 0.3) is 0 Å². The van der Waals surface area contributed by atoms with Gasteiger partial charge in [0, 0.05) is 11.7 Å². The quantitative estimate of drug-likeness (QED) is 0.852. The van der Waals surface area contributed by atoms with E-state index in [2.05, 4.69) is 10.3 Å². The van der Waals surface area contributed by atoms with E-state index in [1.807, 2.05) is 6.07 Å². The summed E-state index contributed by atoms with van der Waals surface area (Å²) in [6, 6.07) is 3.64. The minimum Gasteiger partial charge on any atom is -0.481 e. The van der Waals surface area contributed by atoms with Crippen molar-refractivity contribution in [1.29, 1.82) is 5.26 Å². The highest BCUT2D eigenvalue weighted by molar-refractivity contribution is 5.76. The second-order valence-electron chi connectivity index (χ2n) is 5.21. The minimum absolute atomic E-state index is 0.444.